The van der Waals surface area contributed by atoms with Crippen molar-refractivity contribution >= 4 is 26.5 Å². The monoisotopic (exact) mass is 270 g/mol. The molecule has 0 aliphatic heterocycles. The van der Waals surface area contributed by atoms with Crippen LogP contribution in [-0.2, 0) is 10.0 Å². The first kappa shape index (κ1) is 10.7. The van der Waals surface area contributed by atoms with E-state index in [2.05, 4.69) is 19.9 Å². The highest BCUT2D eigenvalue weighted by molar-refractivity contribution is 7.93. The van der Waals surface area contributed by atoms with Gasteiger partial charge in [0.15, 0.2) is 5.13 Å². The second kappa shape index (κ2) is 3.81. The molecule has 2 aromatic rings. The minimum Gasteiger partial charge on any atom is -0.284 e. The van der Waals surface area contributed by atoms with E-state index in [0.717, 1.165) is 18.5 Å². The van der Waals surface area contributed by atoms with Gasteiger partial charge in [0, 0.05) is 17.5 Å². The maximum absolute atomic E-state index is 11.9. The lowest BCUT2D eigenvalue weighted by molar-refractivity contribution is 0.601. The van der Waals surface area contributed by atoms with Gasteiger partial charge in [0.05, 0.1) is 11.9 Å². The Labute approximate surface area is 102 Å². The zero-order chi connectivity index (χ0) is 11.9. The second-order valence-corrected chi connectivity index (χ2v) is 6.43. The lowest BCUT2D eigenvalue weighted by Crippen LogP contribution is -2.11. The molecule has 1 saturated carbocycles. The molecule has 0 atom stereocenters. The van der Waals surface area contributed by atoms with Crippen LogP contribution in [0.15, 0.2) is 22.7 Å². The van der Waals surface area contributed by atoms with E-state index < -0.39 is 10.0 Å². The topological polar surface area (TPSA) is 87.7 Å². The Morgan fingerprint density at radius 3 is 2.94 bits per heavy atom. The number of aromatic amines is 1. The minimum atomic E-state index is -3.56. The number of anilines is 1. The summed E-state index contributed by atoms with van der Waals surface area (Å²) in [6, 6.07) is 0. The number of nitrogens with zero attached hydrogens (tertiary/aromatic N) is 2. The number of nitrogens with one attached hydrogen (secondary N) is 2. The van der Waals surface area contributed by atoms with Crippen LogP contribution in [0.1, 0.15) is 24.5 Å². The van der Waals surface area contributed by atoms with Gasteiger partial charge >= 0.3 is 0 Å². The van der Waals surface area contributed by atoms with Gasteiger partial charge in [0.1, 0.15) is 4.90 Å². The van der Waals surface area contributed by atoms with E-state index >= 15 is 0 Å². The van der Waals surface area contributed by atoms with Crippen molar-refractivity contribution in [2.45, 2.75) is 23.7 Å². The Morgan fingerprint density at radius 2 is 2.29 bits per heavy atom. The van der Waals surface area contributed by atoms with Crippen LogP contribution in [0.5, 0.6) is 0 Å². The average Bonchev–Trinajstić information content (AvgIpc) is 2.81. The Hall–Kier alpha value is -1.41. The number of hydrogen-bond donors (Lipinski definition) is 2. The summed E-state index contributed by atoms with van der Waals surface area (Å²) in [4.78, 5) is 4.38. The van der Waals surface area contributed by atoms with Crippen molar-refractivity contribution in [1.82, 2.24) is 15.2 Å². The molecule has 90 valence electrons. The van der Waals surface area contributed by atoms with Crippen LogP contribution in [-0.4, -0.2) is 23.6 Å². The van der Waals surface area contributed by atoms with Crippen LogP contribution in [0.25, 0.3) is 0 Å². The summed E-state index contributed by atoms with van der Waals surface area (Å²) >= 11 is 1.31. The quantitative estimate of drug-likeness (QED) is 0.882. The molecule has 0 unspecified atom stereocenters. The van der Waals surface area contributed by atoms with Gasteiger partial charge in [-0.25, -0.2) is 13.4 Å². The van der Waals surface area contributed by atoms with Gasteiger partial charge in [0.25, 0.3) is 10.0 Å². The maximum Gasteiger partial charge on any atom is 0.266 e. The molecular weight excluding hydrogens is 260 g/mol. The van der Waals surface area contributed by atoms with Crippen molar-refractivity contribution in [3.8, 4) is 0 Å². The van der Waals surface area contributed by atoms with Crippen molar-refractivity contribution in [3.63, 3.8) is 0 Å². The molecule has 0 saturated heterocycles. The zero-order valence-corrected chi connectivity index (χ0v) is 10.4. The normalized spacial score (nSPS) is 16.0. The van der Waals surface area contributed by atoms with E-state index in [0.29, 0.717) is 11.0 Å². The molecule has 1 fully saturated rings. The molecule has 8 heteroatoms. The third kappa shape index (κ3) is 2.18. The first-order valence-electron chi connectivity index (χ1n) is 5.12. The second-order valence-electron chi connectivity index (χ2n) is 3.89. The third-order valence-corrected chi connectivity index (χ3v) is 4.73. The number of thiazole rings is 1. The summed E-state index contributed by atoms with van der Waals surface area (Å²) in [5, 5.41) is 8.40. The van der Waals surface area contributed by atoms with Gasteiger partial charge in [-0.05, 0) is 12.8 Å². The predicted octanol–water partition coefficient (Wildman–Crippen LogP) is 1.54. The third-order valence-electron chi connectivity index (χ3n) is 2.52. The molecule has 1 aliphatic rings. The Morgan fingerprint density at radius 1 is 1.47 bits per heavy atom. The molecule has 0 amide bonds. The van der Waals surface area contributed by atoms with E-state index in [9.17, 15) is 8.42 Å². The van der Waals surface area contributed by atoms with Crippen LogP contribution < -0.4 is 4.72 Å². The van der Waals surface area contributed by atoms with E-state index in [4.69, 9.17) is 0 Å². The zero-order valence-electron chi connectivity index (χ0n) is 8.75. The summed E-state index contributed by atoms with van der Waals surface area (Å²) in [6.45, 7) is 0. The standard InChI is InChI=1S/C9H10N4O2S2/c14-17(15,7-3-10-11-4-7)13-9-12-8(5-16-9)6-1-2-6/h3-6H,1-2H2,(H,10,11)(H,12,13). The van der Waals surface area contributed by atoms with Gasteiger partial charge in [-0.2, -0.15) is 5.10 Å². The summed E-state index contributed by atoms with van der Waals surface area (Å²) < 4.78 is 26.1. The van der Waals surface area contributed by atoms with Gasteiger partial charge < -0.3 is 0 Å². The summed E-state index contributed by atoms with van der Waals surface area (Å²) in [5.74, 6) is 0.526. The van der Waals surface area contributed by atoms with Crippen LogP contribution >= 0.6 is 11.3 Å². The fourth-order valence-electron chi connectivity index (χ4n) is 1.46. The predicted molar refractivity (Wildman–Crippen MR) is 63.5 cm³/mol. The number of hydrogen-bond acceptors (Lipinski definition) is 5. The van der Waals surface area contributed by atoms with Gasteiger partial charge in [-0.15, -0.1) is 11.3 Å². The molecule has 0 bridgehead atoms. The lowest BCUT2D eigenvalue weighted by atomic mass is 10.3. The molecule has 3 rings (SSSR count). The number of H-pyrrole nitrogens is 1. The van der Waals surface area contributed by atoms with Crippen LogP contribution in [0.3, 0.4) is 0 Å². The van der Waals surface area contributed by atoms with Crippen molar-refractivity contribution < 1.29 is 8.42 Å². The molecule has 0 aromatic carbocycles. The van der Waals surface area contributed by atoms with E-state index in [1.54, 1.807) is 0 Å². The first-order valence-corrected chi connectivity index (χ1v) is 7.48. The van der Waals surface area contributed by atoms with Gasteiger partial charge in [-0.3, -0.25) is 9.82 Å². The van der Waals surface area contributed by atoms with Crippen LogP contribution in [0.2, 0.25) is 0 Å². The smallest absolute Gasteiger partial charge is 0.266 e. The summed E-state index contributed by atoms with van der Waals surface area (Å²) in [6.07, 6.45) is 4.89. The van der Waals surface area contributed by atoms with Gasteiger partial charge in [0.2, 0.25) is 0 Å². The minimum absolute atomic E-state index is 0.112. The fraction of sp³-hybridized carbons (Fsp3) is 0.333. The molecule has 2 heterocycles. The summed E-state index contributed by atoms with van der Waals surface area (Å²) in [7, 11) is -3.56. The van der Waals surface area contributed by atoms with E-state index in [1.807, 2.05) is 5.38 Å². The average molecular weight is 270 g/mol. The molecule has 2 N–H and O–H groups in total. The largest absolute Gasteiger partial charge is 0.284 e. The van der Waals surface area contributed by atoms with Crippen LogP contribution in [0.4, 0.5) is 5.13 Å². The molecule has 0 radical (unpaired) electrons. The lowest BCUT2D eigenvalue weighted by Gasteiger charge is -2.01. The SMILES string of the molecule is O=S(=O)(Nc1nc(C2CC2)cs1)c1cn[nH]c1. The molecule has 1 aliphatic carbocycles. The maximum atomic E-state index is 11.9. The molecule has 2 aromatic heterocycles. The van der Waals surface area contributed by atoms with Crippen molar-refractivity contribution in [2.75, 3.05) is 4.72 Å². The highest BCUT2D eigenvalue weighted by atomic mass is 32.2. The fourth-order valence-corrected chi connectivity index (χ4v) is 3.41. The summed E-state index contributed by atoms with van der Waals surface area (Å²) in [5.41, 5.74) is 0.986. The Bertz CT molecular complexity index is 613. The first-order chi connectivity index (χ1) is 8.15. The number of aromatic nitrogens is 3. The highest BCUT2D eigenvalue weighted by Crippen LogP contribution is 2.41. The van der Waals surface area contributed by atoms with Crippen molar-refractivity contribution in [3.05, 3.63) is 23.5 Å². The highest BCUT2D eigenvalue weighted by Gasteiger charge is 2.27. The van der Waals surface area contributed by atoms with Crippen LogP contribution in [0, 0.1) is 0 Å². The molecule has 17 heavy (non-hydrogen) atoms. The Balaban J connectivity index is 1.81. The molecule has 0 spiro atoms. The van der Waals surface area contributed by atoms with E-state index in [1.165, 1.54) is 23.7 Å². The molecule has 6 nitrogen and oxygen atoms in total. The Kier molecular flexibility index (Phi) is 2.40. The van der Waals surface area contributed by atoms with Crippen molar-refractivity contribution in [2.24, 2.45) is 0 Å². The number of rotatable bonds is 4. The molecular formula is C9H10N4O2S2. The van der Waals surface area contributed by atoms with Crippen molar-refractivity contribution in [1.29, 1.82) is 0 Å². The van der Waals surface area contributed by atoms with E-state index in [-0.39, 0.29) is 4.90 Å². The van der Waals surface area contributed by atoms with Gasteiger partial charge in [-0.1, -0.05) is 0 Å². The number of sulfonamides is 1.